The molecule has 29 heavy (non-hydrogen) atoms. The summed E-state index contributed by atoms with van der Waals surface area (Å²) in [5, 5.41) is 1.58. The number of nitrogens with zero attached hydrogens (tertiary/aromatic N) is 2. The van der Waals surface area contributed by atoms with E-state index < -0.39 is 0 Å². The van der Waals surface area contributed by atoms with Crippen molar-refractivity contribution >= 4 is 39.4 Å². The number of likely N-dealkylation sites (tertiary alicyclic amines) is 1. The molecule has 0 bridgehead atoms. The first-order valence-corrected chi connectivity index (χ1v) is 10.2. The van der Waals surface area contributed by atoms with Crippen LogP contribution < -0.4 is 5.69 Å². The van der Waals surface area contributed by atoms with E-state index in [0.717, 1.165) is 40.3 Å². The molecular weight excluding hydrogens is 388 g/mol. The quantitative estimate of drug-likeness (QED) is 0.520. The average Bonchev–Trinajstić information content (AvgIpc) is 3.27. The maximum atomic E-state index is 13.1. The molecule has 5 rings (SSSR count). The zero-order chi connectivity index (χ0) is 20.1. The van der Waals surface area contributed by atoms with Crippen LogP contribution in [0.3, 0.4) is 0 Å². The molecule has 0 atom stereocenters. The number of nitrogens with one attached hydrogen (secondary N) is 2. The van der Waals surface area contributed by atoms with Gasteiger partial charge in [-0.15, -0.1) is 0 Å². The van der Waals surface area contributed by atoms with Crippen molar-refractivity contribution in [1.82, 2.24) is 19.4 Å². The van der Waals surface area contributed by atoms with Gasteiger partial charge in [0.1, 0.15) is 0 Å². The van der Waals surface area contributed by atoms with Gasteiger partial charge in [-0.05, 0) is 49.6 Å². The predicted octanol–water partition coefficient (Wildman–Crippen LogP) is 4.25. The van der Waals surface area contributed by atoms with Crippen LogP contribution in [0.25, 0.3) is 21.9 Å². The highest BCUT2D eigenvalue weighted by Crippen LogP contribution is 2.29. The SMILES string of the molecule is Cc1cc2c(C(=O)N3CCC(n4c(=O)[nH]c5ccccc54)CC3)c[nH]c2cc1Cl. The molecule has 3 heterocycles. The highest BCUT2D eigenvalue weighted by atomic mass is 35.5. The Hall–Kier alpha value is -2.99. The number of H-pyrrole nitrogens is 2. The third-order valence-electron chi connectivity index (χ3n) is 5.93. The molecule has 1 aliphatic rings. The minimum Gasteiger partial charge on any atom is -0.360 e. The predicted molar refractivity (Wildman–Crippen MR) is 115 cm³/mol. The standard InChI is InChI=1S/C22H21ClN4O2/c1-13-10-15-16(12-24-19(15)11-17(13)23)21(28)26-8-6-14(7-9-26)27-20-5-3-2-4-18(20)25-22(27)29/h2-5,10-12,14,24H,6-9H2,1H3,(H,25,29). The maximum Gasteiger partial charge on any atom is 0.326 e. The molecule has 0 spiro atoms. The summed E-state index contributed by atoms with van der Waals surface area (Å²) < 4.78 is 1.84. The normalized spacial score (nSPS) is 15.4. The monoisotopic (exact) mass is 408 g/mol. The van der Waals surface area contributed by atoms with Crippen LogP contribution in [0.15, 0.2) is 47.4 Å². The molecule has 1 saturated heterocycles. The number of amides is 1. The Morgan fingerprint density at radius 2 is 1.90 bits per heavy atom. The molecular formula is C22H21ClN4O2. The fourth-order valence-corrected chi connectivity index (χ4v) is 4.53. The summed E-state index contributed by atoms with van der Waals surface area (Å²) in [5.74, 6) is 0.0164. The zero-order valence-electron chi connectivity index (χ0n) is 16.0. The number of hydrogen-bond acceptors (Lipinski definition) is 2. The molecule has 1 fully saturated rings. The molecule has 0 radical (unpaired) electrons. The van der Waals surface area contributed by atoms with Gasteiger partial charge in [-0.1, -0.05) is 23.7 Å². The smallest absolute Gasteiger partial charge is 0.326 e. The molecule has 0 unspecified atom stereocenters. The van der Waals surface area contributed by atoms with Crippen molar-refractivity contribution in [2.75, 3.05) is 13.1 Å². The number of imidazole rings is 1. The van der Waals surface area contributed by atoms with E-state index in [4.69, 9.17) is 11.6 Å². The Labute approximate surface area is 172 Å². The molecule has 0 saturated carbocycles. The number of carbonyl (C=O) groups excluding carboxylic acids is 1. The number of carbonyl (C=O) groups is 1. The van der Waals surface area contributed by atoms with Gasteiger partial charge in [0.2, 0.25) is 0 Å². The fourth-order valence-electron chi connectivity index (χ4n) is 4.36. The summed E-state index contributed by atoms with van der Waals surface area (Å²) >= 11 is 6.20. The van der Waals surface area contributed by atoms with Crippen LogP contribution in [0.5, 0.6) is 0 Å². The van der Waals surface area contributed by atoms with Crippen LogP contribution in [0.4, 0.5) is 0 Å². The third-order valence-corrected chi connectivity index (χ3v) is 6.34. The first-order chi connectivity index (χ1) is 14.0. The van der Waals surface area contributed by atoms with Crippen LogP contribution in [-0.4, -0.2) is 38.4 Å². The average molecular weight is 409 g/mol. The van der Waals surface area contributed by atoms with E-state index in [9.17, 15) is 9.59 Å². The maximum absolute atomic E-state index is 13.1. The van der Waals surface area contributed by atoms with E-state index in [1.54, 1.807) is 6.20 Å². The van der Waals surface area contributed by atoms with E-state index in [0.29, 0.717) is 23.7 Å². The number of para-hydroxylation sites is 2. The van der Waals surface area contributed by atoms with Gasteiger partial charge >= 0.3 is 5.69 Å². The largest absolute Gasteiger partial charge is 0.360 e. The number of aromatic nitrogens is 3. The second kappa shape index (κ2) is 6.81. The molecule has 0 aliphatic carbocycles. The van der Waals surface area contributed by atoms with Crippen LogP contribution in [-0.2, 0) is 0 Å². The minimum absolute atomic E-state index is 0.0164. The minimum atomic E-state index is -0.0834. The lowest BCUT2D eigenvalue weighted by atomic mass is 10.0. The van der Waals surface area contributed by atoms with Crippen LogP contribution in [0.2, 0.25) is 5.02 Å². The van der Waals surface area contributed by atoms with Crippen molar-refractivity contribution in [3.05, 3.63) is 69.2 Å². The molecule has 7 heteroatoms. The number of aryl methyl sites for hydroxylation is 1. The lowest BCUT2D eigenvalue weighted by molar-refractivity contribution is 0.0697. The molecule has 148 valence electrons. The van der Waals surface area contributed by atoms with Gasteiger partial charge in [0.15, 0.2) is 0 Å². The van der Waals surface area contributed by atoms with Crippen molar-refractivity contribution in [2.45, 2.75) is 25.8 Å². The molecule has 6 nitrogen and oxygen atoms in total. The highest BCUT2D eigenvalue weighted by Gasteiger charge is 2.27. The number of hydrogen-bond donors (Lipinski definition) is 2. The number of benzene rings is 2. The Morgan fingerprint density at radius 1 is 1.14 bits per heavy atom. The molecule has 1 aliphatic heterocycles. The molecule has 4 aromatic rings. The number of fused-ring (bicyclic) bond motifs is 2. The van der Waals surface area contributed by atoms with Crippen LogP contribution >= 0.6 is 11.6 Å². The third kappa shape index (κ3) is 2.95. The molecule has 2 aromatic heterocycles. The van der Waals surface area contributed by atoms with E-state index in [-0.39, 0.29) is 17.6 Å². The van der Waals surface area contributed by atoms with E-state index in [2.05, 4.69) is 9.97 Å². The number of piperidine rings is 1. The summed E-state index contributed by atoms with van der Waals surface area (Å²) in [7, 11) is 0. The second-order valence-corrected chi connectivity index (χ2v) is 8.10. The number of rotatable bonds is 2. The Kier molecular flexibility index (Phi) is 4.24. The summed E-state index contributed by atoms with van der Waals surface area (Å²) in [6.45, 7) is 3.18. The van der Waals surface area contributed by atoms with Gasteiger partial charge in [0, 0.05) is 41.3 Å². The van der Waals surface area contributed by atoms with Gasteiger partial charge < -0.3 is 14.9 Å². The highest BCUT2D eigenvalue weighted by molar-refractivity contribution is 6.32. The van der Waals surface area contributed by atoms with Gasteiger partial charge in [-0.25, -0.2) is 4.79 Å². The lowest BCUT2D eigenvalue weighted by Crippen LogP contribution is -2.40. The van der Waals surface area contributed by atoms with Gasteiger partial charge in [0.05, 0.1) is 16.6 Å². The summed E-state index contributed by atoms with van der Waals surface area (Å²) in [6.07, 6.45) is 3.26. The summed E-state index contributed by atoms with van der Waals surface area (Å²) in [5.41, 5.74) is 4.17. The topological polar surface area (TPSA) is 73.9 Å². The number of halogens is 1. The fraction of sp³-hybridized carbons (Fsp3) is 0.273. The van der Waals surface area contributed by atoms with Gasteiger partial charge in [-0.3, -0.25) is 9.36 Å². The van der Waals surface area contributed by atoms with Crippen LogP contribution in [0.1, 0.15) is 34.8 Å². The first kappa shape index (κ1) is 18.1. The second-order valence-electron chi connectivity index (χ2n) is 7.69. The Morgan fingerprint density at radius 3 is 2.69 bits per heavy atom. The summed E-state index contributed by atoms with van der Waals surface area (Å²) in [6, 6.07) is 11.6. The zero-order valence-corrected chi connectivity index (χ0v) is 16.8. The van der Waals surface area contributed by atoms with Crippen molar-refractivity contribution < 1.29 is 4.79 Å². The van der Waals surface area contributed by atoms with Crippen molar-refractivity contribution in [2.24, 2.45) is 0 Å². The van der Waals surface area contributed by atoms with Gasteiger partial charge in [0.25, 0.3) is 5.91 Å². The summed E-state index contributed by atoms with van der Waals surface area (Å²) in [4.78, 5) is 33.6. The Bertz CT molecular complexity index is 1290. The lowest BCUT2D eigenvalue weighted by Gasteiger charge is -2.32. The molecule has 1 amide bonds. The van der Waals surface area contributed by atoms with E-state index in [1.165, 1.54) is 0 Å². The Balaban J connectivity index is 1.38. The first-order valence-electron chi connectivity index (χ1n) is 9.78. The van der Waals surface area contributed by atoms with Gasteiger partial charge in [-0.2, -0.15) is 0 Å². The van der Waals surface area contributed by atoms with E-state index in [1.807, 2.05) is 52.8 Å². The van der Waals surface area contributed by atoms with Crippen molar-refractivity contribution in [3.63, 3.8) is 0 Å². The van der Waals surface area contributed by atoms with E-state index >= 15 is 0 Å². The van der Waals surface area contributed by atoms with Crippen molar-refractivity contribution in [3.8, 4) is 0 Å². The number of aromatic amines is 2. The molecule has 2 aromatic carbocycles. The van der Waals surface area contributed by atoms with Crippen LogP contribution in [0, 0.1) is 6.92 Å². The van der Waals surface area contributed by atoms with Crippen molar-refractivity contribution in [1.29, 1.82) is 0 Å². The molecule has 2 N–H and O–H groups in total.